The fourth-order valence-corrected chi connectivity index (χ4v) is 4.03. The largest absolute Gasteiger partial charge is 0.417 e. The van der Waals surface area contributed by atoms with Crippen molar-refractivity contribution < 1.29 is 13.2 Å². The van der Waals surface area contributed by atoms with Crippen molar-refractivity contribution in [2.75, 3.05) is 0 Å². The minimum absolute atomic E-state index is 0.0971. The first-order chi connectivity index (χ1) is 13.6. The number of aromatic nitrogens is 4. The van der Waals surface area contributed by atoms with E-state index in [1.165, 1.54) is 21.5 Å². The van der Waals surface area contributed by atoms with Crippen molar-refractivity contribution in [3.05, 3.63) is 56.6 Å². The van der Waals surface area contributed by atoms with Crippen molar-refractivity contribution in [2.45, 2.75) is 43.9 Å². The van der Waals surface area contributed by atoms with Crippen LogP contribution in [0.3, 0.4) is 0 Å². The highest BCUT2D eigenvalue weighted by Crippen LogP contribution is 2.40. The zero-order valence-corrected chi connectivity index (χ0v) is 16.6. The van der Waals surface area contributed by atoms with Gasteiger partial charge in [-0.05, 0) is 37.0 Å². The third-order valence-corrected chi connectivity index (χ3v) is 5.78. The zero-order valence-electron chi connectivity index (χ0n) is 15.8. The minimum atomic E-state index is -4.56. The normalized spacial score (nSPS) is 16.9. The number of halogens is 4. The molecule has 0 amide bonds. The van der Waals surface area contributed by atoms with Crippen LogP contribution in [0.2, 0.25) is 5.02 Å². The van der Waals surface area contributed by atoms with E-state index >= 15 is 0 Å². The molecule has 29 heavy (non-hydrogen) atoms. The molecule has 1 aliphatic rings. The van der Waals surface area contributed by atoms with Crippen LogP contribution in [-0.4, -0.2) is 19.6 Å². The molecule has 3 aromatic rings. The highest BCUT2D eigenvalue weighted by molar-refractivity contribution is 6.31. The number of aryl methyl sites for hydroxylation is 1. The van der Waals surface area contributed by atoms with Crippen LogP contribution < -0.4 is 11.3 Å². The monoisotopic (exact) mass is 425 g/mol. The van der Waals surface area contributed by atoms with Gasteiger partial charge in [-0.3, -0.25) is 9.48 Å². The van der Waals surface area contributed by atoms with Gasteiger partial charge in [-0.2, -0.15) is 23.4 Å². The topological polar surface area (TPSA) is 78.7 Å². The first-order valence-corrected chi connectivity index (χ1v) is 9.56. The van der Waals surface area contributed by atoms with E-state index in [9.17, 15) is 18.0 Å². The summed E-state index contributed by atoms with van der Waals surface area (Å²) >= 11 is 5.92. The molecule has 0 saturated heterocycles. The Morgan fingerprint density at radius 3 is 2.55 bits per heavy atom. The van der Waals surface area contributed by atoms with Gasteiger partial charge in [0.2, 0.25) is 0 Å². The third kappa shape index (κ3) is 3.12. The van der Waals surface area contributed by atoms with Crippen molar-refractivity contribution >= 4 is 22.5 Å². The van der Waals surface area contributed by atoms with Gasteiger partial charge in [0, 0.05) is 7.05 Å². The predicted octanol–water partition coefficient (Wildman–Crippen LogP) is 3.75. The van der Waals surface area contributed by atoms with Crippen molar-refractivity contribution in [1.29, 1.82) is 0 Å². The molecule has 0 bridgehead atoms. The maximum atomic E-state index is 13.1. The molecular weight excluding hydrogens is 407 g/mol. The van der Waals surface area contributed by atoms with Gasteiger partial charge in [-0.15, -0.1) is 0 Å². The van der Waals surface area contributed by atoms with Crippen LogP contribution in [0, 0.1) is 0 Å². The first kappa shape index (κ1) is 19.9. The molecule has 0 spiro atoms. The summed E-state index contributed by atoms with van der Waals surface area (Å²) in [5.41, 5.74) is 5.41. The lowest BCUT2D eigenvalue weighted by Crippen LogP contribution is -2.39. The molecule has 0 unspecified atom stereocenters. The zero-order chi connectivity index (χ0) is 21.1. The van der Waals surface area contributed by atoms with Crippen LogP contribution >= 0.6 is 11.6 Å². The quantitative estimate of drug-likeness (QED) is 0.690. The molecular formula is C19H19ClF3N5O. The van der Waals surface area contributed by atoms with E-state index in [0.29, 0.717) is 23.1 Å². The number of benzene rings is 1. The highest BCUT2D eigenvalue weighted by Gasteiger charge is 2.38. The van der Waals surface area contributed by atoms with E-state index in [-0.39, 0.29) is 17.1 Å². The van der Waals surface area contributed by atoms with E-state index in [1.54, 1.807) is 13.2 Å². The van der Waals surface area contributed by atoms with Crippen LogP contribution in [0.15, 0.2) is 29.2 Å². The summed E-state index contributed by atoms with van der Waals surface area (Å²) < 4.78 is 42.2. The standard InChI is InChI=1S/C19H19ClF3N5O/c1-3-18(24,10-4-7-13(14(20)8-10)19(21,22)23)16-12-9-25-28(11-5-6-11)17(29)15(12)26-27(16)2/h4,7-9,11H,3,5-6,24H2,1-2H3/t18-/m0/s1. The second kappa shape index (κ2) is 6.56. The molecule has 154 valence electrons. The summed E-state index contributed by atoms with van der Waals surface area (Å²) in [6, 6.07) is 3.56. The van der Waals surface area contributed by atoms with Crippen molar-refractivity contribution in [1.82, 2.24) is 19.6 Å². The molecule has 1 aromatic carbocycles. The summed E-state index contributed by atoms with van der Waals surface area (Å²) in [5, 5.41) is 8.67. The molecule has 1 fully saturated rings. The number of fused-ring (bicyclic) bond motifs is 1. The van der Waals surface area contributed by atoms with Gasteiger partial charge >= 0.3 is 6.18 Å². The number of hydrogen-bond acceptors (Lipinski definition) is 4. The lowest BCUT2D eigenvalue weighted by atomic mass is 9.83. The first-order valence-electron chi connectivity index (χ1n) is 9.19. The van der Waals surface area contributed by atoms with Gasteiger partial charge in [0.1, 0.15) is 0 Å². The van der Waals surface area contributed by atoms with Crippen molar-refractivity contribution in [3.8, 4) is 0 Å². The molecule has 2 N–H and O–H groups in total. The van der Waals surface area contributed by atoms with E-state index in [0.717, 1.165) is 18.9 Å². The van der Waals surface area contributed by atoms with Crippen LogP contribution in [0.25, 0.3) is 10.9 Å². The van der Waals surface area contributed by atoms with E-state index in [2.05, 4.69) is 10.2 Å². The Kier molecular flexibility index (Phi) is 4.51. The Morgan fingerprint density at radius 1 is 1.31 bits per heavy atom. The van der Waals surface area contributed by atoms with Gasteiger partial charge in [0.15, 0.2) is 5.52 Å². The molecule has 6 nitrogen and oxygen atoms in total. The molecule has 1 saturated carbocycles. The van der Waals surface area contributed by atoms with E-state index in [4.69, 9.17) is 17.3 Å². The summed E-state index contributed by atoms with van der Waals surface area (Å²) in [6.45, 7) is 1.81. The lowest BCUT2D eigenvalue weighted by molar-refractivity contribution is -0.137. The average Bonchev–Trinajstić information content (AvgIpc) is 3.42. The summed E-state index contributed by atoms with van der Waals surface area (Å²) in [6.07, 6.45) is -0.860. The Labute approximate surface area is 169 Å². The molecule has 0 radical (unpaired) electrons. The maximum Gasteiger partial charge on any atom is 0.417 e. The molecule has 4 rings (SSSR count). The summed E-state index contributed by atoms with van der Waals surface area (Å²) in [4.78, 5) is 12.8. The maximum absolute atomic E-state index is 13.1. The summed E-state index contributed by atoms with van der Waals surface area (Å²) in [5.74, 6) is 0. The average molecular weight is 426 g/mol. The smallest absolute Gasteiger partial charge is 0.316 e. The number of alkyl halides is 3. The van der Waals surface area contributed by atoms with Crippen LogP contribution in [0.5, 0.6) is 0 Å². The number of nitrogens with zero attached hydrogens (tertiary/aromatic N) is 4. The minimum Gasteiger partial charge on any atom is -0.316 e. The molecule has 2 aromatic heterocycles. The van der Waals surface area contributed by atoms with Gasteiger partial charge in [-0.1, -0.05) is 24.6 Å². The van der Waals surface area contributed by atoms with Gasteiger partial charge in [-0.25, -0.2) is 4.68 Å². The van der Waals surface area contributed by atoms with Gasteiger partial charge in [0.25, 0.3) is 5.56 Å². The van der Waals surface area contributed by atoms with E-state index < -0.39 is 22.3 Å². The Hall–Kier alpha value is -2.39. The van der Waals surface area contributed by atoms with Gasteiger partial charge in [0.05, 0.1) is 39.4 Å². The predicted molar refractivity (Wildman–Crippen MR) is 103 cm³/mol. The fraction of sp³-hybridized carbons (Fsp3) is 0.421. The Bertz CT molecular complexity index is 1170. The van der Waals surface area contributed by atoms with E-state index in [1.807, 2.05) is 6.92 Å². The molecule has 10 heteroatoms. The second-order valence-electron chi connectivity index (χ2n) is 7.38. The van der Waals surface area contributed by atoms with Crippen LogP contribution in [0.1, 0.15) is 49.0 Å². The SMILES string of the molecule is CC[C@](N)(c1ccc(C(F)(F)F)c(Cl)c1)c1c2cnn(C3CC3)c(=O)c2nn1C. The third-order valence-electron chi connectivity index (χ3n) is 5.47. The number of hydrogen-bond donors (Lipinski definition) is 1. The van der Waals surface area contributed by atoms with Crippen LogP contribution in [-0.2, 0) is 18.8 Å². The molecule has 1 aliphatic carbocycles. The fourth-order valence-electron chi connectivity index (χ4n) is 3.74. The lowest BCUT2D eigenvalue weighted by Gasteiger charge is -2.30. The molecule has 1 atom stereocenters. The summed E-state index contributed by atoms with van der Waals surface area (Å²) in [7, 11) is 1.65. The van der Waals surface area contributed by atoms with Gasteiger partial charge < -0.3 is 5.73 Å². The Balaban J connectivity index is 1.90. The Morgan fingerprint density at radius 2 is 2.00 bits per heavy atom. The van der Waals surface area contributed by atoms with Crippen LogP contribution in [0.4, 0.5) is 13.2 Å². The molecule has 0 aliphatic heterocycles. The highest BCUT2D eigenvalue weighted by atomic mass is 35.5. The number of nitrogens with two attached hydrogens (primary N) is 1. The number of rotatable bonds is 4. The second-order valence-corrected chi connectivity index (χ2v) is 7.78. The molecule has 2 heterocycles. The van der Waals surface area contributed by atoms with Crippen molar-refractivity contribution in [3.63, 3.8) is 0 Å². The van der Waals surface area contributed by atoms with Crippen molar-refractivity contribution in [2.24, 2.45) is 12.8 Å².